The van der Waals surface area contributed by atoms with Crippen LogP contribution in [0.4, 0.5) is 23.1 Å². The predicted molar refractivity (Wildman–Crippen MR) is 121 cm³/mol. The van der Waals surface area contributed by atoms with E-state index in [2.05, 4.69) is 42.4 Å². The van der Waals surface area contributed by atoms with Gasteiger partial charge in [0, 0.05) is 40.7 Å². The van der Waals surface area contributed by atoms with Gasteiger partial charge in [0.15, 0.2) is 0 Å². The Morgan fingerprint density at radius 3 is 2.80 bits per heavy atom. The molecule has 5 N–H and O–H groups in total. The second kappa shape index (κ2) is 9.04. The molecule has 0 spiro atoms. The van der Waals surface area contributed by atoms with Gasteiger partial charge in [-0.3, -0.25) is 4.55 Å². The zero-order valence-electron chi connectivity index (χ0n) is 16.3. The predicted octanol–water partition coefficient (Wildman–Crippen LogP) is 4.02. The Kier molecular flexibility index (Phi) is 6.03. The fraction of sp³-hybridized carbons (Fsp3) is 0.143. The Balaban J connectivity index is 1.44. The van der Waals surface area contributed by atoms with Crippen LogP contribution in [0.1, 0.15) is 11.3 Å². The van der Waals surface area contributed by atoms with Crippen LogP contribution < -0.4 is 15.4 Å². The minimum absolute atomic E-state index is 0.410. The highest BCUT2D eigenvalue weighted by molar-refractivity contribution is 7.77. The third-order valence-electron chi connectivity index (χ3n) is 4.51. The SMILES string of the molecule is Cc1cc2cc(Nc3ccnc(Nc4cccc(CCNS(=O)O)c4)n3)ccc2[nH]1. The Hall–Kier alpha value is -3.27. The molecule has 0 aliphatic rings. The molecule has 1 unspecified atom stereocenters. The van der Waals surface area contributed by atoms with Gasteiger partial charge in [-0.15, -0.1) is 0 Å². The number of nitrogens with zero attached hydrogens (tertiary/aromatic N) is 2. The number of nitrogens with one attached hydrogen (secondary N) is 4. The van der Waals surface area contributed by atoms with E-state index in [0.717, 1.165) is 33.5 Å². The summed E-state index contributed by atoms with van der Waals surface area (Å²) in [5, 5.41) is 7.66. The van der Waals surface area contributed by atoms with Crippen LogP contribution in [0.5, 0.6) is 0 Å². The lowest BCUT2D eigenvalue weighted by Gasteiger charge is -2.10. The first kappa shape index (κ1) is 20.0. The topological polar surface area (TPSA) is 115 Å². The maximum Gasteiger partial charge on any atom is 0.231 e. The van der Waals surface area contributed by atoms with Gasteiger partial charge in [0.2, 0.25) is 17.2 Å². The van der Waals surface area contributed by atoms with Gasteiger partial charge in [-0.05, 0) is 61.4 Å². The van der Waals surface area contributed by atoms with Crippen molar-refractivity contribution in [2.24, 2.45) is 0 Å². The summed E-state index contributed by atoms with van der Waals surface area (Å²) < 4.78 is 22.0. The van der Waals surface area contributed by atoms with Gasteiger partial charge in [0.1, 0.15) is 5.82 Å². The summed E-state index contributed by atoms with van der Waals surface area (Å²) in [6.45, 7) is 2.45. The molecule has 4 aromatic rings. The number of hydrogen-bond donors (Lipinski definition) is 5. The van der Waals surface area contributed by atoms with E-state index in [1.165, 1.54) is 0 Å². The highest BCUT2D eigenvalue weighted by atomic mass is 32.2. The number of aromatic amines is 1. The van der Waals surface area contributed by atoms with Crippen molar-refractivity contribution in [1.82, 2.24) is 19.7 Å². The molecule has 2 aromatic heterocycles. The van der Waals surface area contributed by atoms with Crippen LogP contribution in [-0.4, -0.2) is 30.3 Å². The van der Waals surface area contributed by atoms with Crippen LogP contribution >= 0.6 is 0 Å². The Labute approximate surface area is 176 Å². The molecule has 0 fully saturated rings. The molecule has 0 amide bonds. The van der Waals surface area contributed by atoms with Crippen molar-refractivity contribution in [2.45, 2.75) is 13.3 Å². The first-order valence-electron chi connectivity index (χ1n) is 9.45. The Bertz CT molecular complexity index is 1190. The molecular weight excluding hydrogens is 400 g/mol. The van der Waals surface area contributed by atoms with Crippen molar-refractivity contribution >= 4 is 45.3 Å². The van der Waals surface area contributed by atoms with Crippen LogP contribution in [0.3, 0.4) is 0 Å². The third-order valence-corrected chi connectivity index (χ3v) is 4.96. The number of benzene rings is 2. The molecule has 0 radical (unpaired) electrons. The minimum Gasteiger partial charge on any atom is -0.359 e. The Morgan fingerprint density at radius 2 is 1.93 bits per heavy atom. The van der Waals surface area contributed by atoms with Gasteiger partial charge < -0.3 is 15.6 Å². The van der Waals surface area contributed by atoms with E-state index in [0.29, 0.717) is 24.7 Å². The van der Waals surface area contributed by atoms with Crippen molar-refractivity contribution in [1.29, 1.82) is 0 Å². The lowest BCUT2D eigenvalue weighted by Crippen LogP contribution is -2.19. The number of fused-ring (bicyclic) bond motifs is 1. The van der Waals surface area contributed by atoms with E-state index in [9.17, 15) is 4.21 Å². The molecule has 0 aliphatic heterocycles. The molecule has 9 heteroatoms. The van der Waals surface area contributed by atoms with E-state index >= 15 is 0 Å². The smallest absolute Gasteiger partial charge is 0.231 e. The van der Waals surface area contributed by atoms with Crippen molar-refractivity contribution in [2.75, 3.05) is 17.2 Å². The molecule has 1 atom stereocenters. The lowest BCUT2D eigenvalue weighted by molar-refractivity contribution is 0.549. The Morgan fingerprint density at radius 1 is 1.07 bits per heavy atom. The number of aromatic nitrogens is 3. The zero-order valence-corrected chi connectivity index (χ0v) is 17.2. The van der Waals surface area contributed by atoms with Crippen LogP contribution in [0.2, 0.25) is 0 Å². The first-order valence-corrected chi connectivity index (χ1v) is 10.6. The summed E-state index contributed by atoms with van der Waals surface area (Å²) in [5.41, 5.74) is 5.05. The van der Waals surface area contributed by atoms with Crippen LogP contribution in [0, 0.1) is 6.92 Å². The van der Waals surface area contributed by atoms with E-state index in [4.69, 9.17) is 4.55 Å². The maximum atomic E-state index is 10.7. The number of anilines is 4. The fourth-order valence-electron chi connectivity index (χ4n) is 3.21. The van der Waals surface area contributed by atoms with Crippen molar-refractivity contribution in [3.8, 4) is 0 Å². The normalized spacial score (nSPS) is 12.1. The van der Waals surface area contributed by atoms with E-state index in [-0.39, 0.29) is 0 Å². The van der Waals surface area contributed by atoms with Gasteiger partial charge >= 0.3 is 0 Å². The van der Waals surface area contributed by atoms with Crippen molar-refractivity contribution < 1.29 is 8.76 Å². The number of hydrogen-bond acceptors (Lipinski definition) is 5. The summed E-state index contributed by atoms with van der Waals surface area (Å²) >= 11 is -2.00. The second-order valence-electron chi connectivity index (χ2n) is 6.86. The molecule has 2 aromatic carbocycles. The van der Waals surface area contributed by atoms with E-state index in [1.54, 1.807) is 6.20 Å². The summed E-state index contributed by atoms with van der Waals surface area (Å²) in [7, 11) is 0. The largest absolute Gasteiger partial charge is 0.359 e. The van der Waals surface area contributed by atoms with Crippen LogP contribution in [0.25, 0.3) is 10.9 Å². The zero-order chi connectivity index (χ0) is 20.9. The lowest BCUT2D eigenvalue weighted by atomic mass is 10.1. The molecule has 0 saturated carbocycles. The summed E-state index contributed by atoms with van der Waals surface area (Å²) in [5.74, 6) is 1.16. The van der Waals surface area contributed by atoms with Gasteiger partial charge in [-0.1, -0.05) is 12.1 Å². The molecule has 2 heterocycles. The maximum absolute atomic E-state index is 10.7. The molecular formula is C21H22N6O2S. The van der Waals surface area contributed by atoms with Gasteiger partial charge in [-0.2, -0.15) is 4.98 Å². The molecule has 30 heavy (non-hydrogen) atoms. The second-order valence-corrected chi connectivity index (χ2v) is 7.65. The molecule has 0 aliphatic carbocycles. The van der Waals surface area contributed by atoms with Crippen LogP contribution in [-0.2, 0) is 17.7 Å². The summed E-state index contributed by atoms with van der Waals surface area (Å²) in [6, 6.07) is 17.8. The fourth-order valence-corrected chi connectivity index (χ4v) is 3.48. The van der Waals surface area contributed by atoms with Crippen molar-refractivity contribution in [3.05, 3.63) is 72.1 Å². The standard InChI is InChI=1S/C21H22N6O2S/c1-14-11-16-13-18(5-6-19(16)24-14)25-20-8-9-22-21(27-20)26-17-4-2-3-15(12-17)7-10-23-30(28)29/h2-6,8-9,11-13,23-24H,7,10H2,1H3,(H,28,29)(H2,22,25,26,27). The van der Waals surface area contributed by atoms with E-state index < -0.39 is 11.3 Å². The van der Waals surface area contributed by atoms with Gasteiger partial charge in [0.05, 0.1) is 0 Å². The third kappa shape index (κ3) is 5.20. The first-order chi connectivity index (χ1) is 14.5. The van der Waals surface area contributed by atoms with Crippen LogP contribution in [0.15, 0.2) is 60.8 Å². The van der Waals surface area contributed by atoms with E-state index in [1.807, 2.05) is 49.4 Å². The molecule has 154 valence electrons. The van der Waals surface area contributed by atoms with Gasteiger partial charge in [0.25, 0.3) is 0 Å². The average Bonchev–Trinajstić information content (AvgIpc) is 3.08. The molecule has 0 saturated heterocycles. The quantitative estimate of drug-likeness (QED) is 0.274. The highest BCUT2D eigenvalue weighted by Crippen LogP contribution is 2.23. The molecule has 4 rings (SSSR count). The number of aryl methyl sites for hydroxylation is 1. The number of H-pyrrole nitrogens is 1. The summed E-state index contributed by atoms with van der Waals surface area (Å²) in [6.07, 6.45) is 2.33. The summed E-state index contributed by atoms with van der Waals surface area (Å²) in [4.78, 5) is 12.1. The molecule has 8 nitrogen and oxygen atoms in total. The molecule has 0 bridgehead atoms. The van der Waals surface area contributed by atoms with Gasteiger partial charge in [-0.25, -0.2) is 13.9 Å². The number of rotatable bonds is 8. The minimum atomic E-state index is -2.00. The average molecular weight is 423 g/mol. The highest BCUT2D eigenvalue weighted by Gasteiger charge is 2.04. The monoisotopic (exact) mass is 422 g/mol. The van der Waals surface area contributed by atoms with Crippen molar-refractivity contribution in [3.63, 3.8) is 0 Å².